The number of benzene rings is 2. The van der Waals surface area contributed by atoms with Crippen molar-refractivity contribution in [3.63, 3.8) is 0 Å². The Morgan fingerprint density at radius 1 is 0.909 bits per heavy atom. The Kier molecular flexibility index (Phi) is 6.56. The van der Waals surface area contributed by atoms with Crippen molar-refractivity contribution in [1.29, 1.82) is 0 Å². The second kappa shape index (κ2) is 9.40. The maximum Gasteiger partial charge on any atom is 0.282 e. The number of nitrogens with zero attached hydrogens (tertiary/aromatic N) is 3. The van der Waals surface area contributed by atoms with Crippen molar-refractivity contribution in [3.05, 3.63) is 64.9 Å². The van der Waals surface area contributed by atoms with Gasteiger partial charge in [-0.2, -0.15) is 0 Å². The minimum absolute atomic E-state index is 0.0650. The lowest BCUT2D eigenvalue weighted by molar-refractivity contribution is -0.120. The molecular weight excluding hydrogens is 414 g/mol. The predicted octanol–water partition coefficient (Wildman–Crippen LogP) is 4.01. The first-order chi connectivity index (χ1) is 15.8. The zero-order valence-corrected chi connectivity index (χ0v) is 20.2. The van der Waals surface area contributed by atoms with E-state index in [0.29, 0.717) is 17.0 Å². The first-order valence-corrected chi connectivity index (χ1v) is 11.7. The van der Waals surface area contributed by atoms with Crippen LogP contribution in [0.3, 0.4) is 0 Å². The van der Waals surface area contributed by atoms with Gasteiger partial charge in [-0.25, -0.2) is 4.90 Å². The van der Waals surface area contributed by atoms with Gasteiger partial charge in [0.15, 0.2) is 0 Å². The molecule has 0 N–H and O–H groups in total. The lowest BCUT2D eigenvalue weighted by Gasteiger charge is -2.36. The molecule has 2 aromatic carbocycles. The molecule has 6 nitrogen and oxygen atoms in total. The first-order valence-electron chi connectivity index (χ1n) is 11.7. The van der Waals surface area contributed by atoms with E-state index in [9.17, 15) is 9.59 Å². The first kappa shape index (κ1) is 23.1. The molecule has 2 heterocycles. The summed E-state index contributed by atoms with van der Waals surface area (Å²) in [5.74, 6) is 0.238. The summed E-state index contributed by atoms with van der Waals surface area (Å²) in [5, 5.41) is 0. The fourth-order valence-electron chi connectivity index (χ4n) is 4.61. The van der Waals surface area contributed by atoms with Crippen LogP contribution in [0.2, 0.25) is 0 Å². The number of aryl methyl sites for hydroxylation is 2. The molecule has 0 aromatic heterocycles. The Labute approximate surface area is 196 Å². The third-order valence-corrected chi connectivity index (χ3v) is 6.30. The Morgan fingerprint density at radius 2 is 1.58 bits per heavy atom. The highest BCUT2D eigenvalue weighted by atomic mass is 16.5. The minimum atomic E-state index is -0.266. The highest BCUT2D eigenvalue weighted by Crippen LogP contribution is 2.37. The third-order valence-electron chi connectivity index (χ3n) is 6.30. The van der Waals surface area contributed by atoms with Crippen molar-refractivity contribution in [3.8, 4) is 5.75 Å². The van der Waals surface area contributed by atoms with E-state index in [1.165, 1.54) is 4.90 Å². The van der Waals surface area contributed by atoms with Crippen molar-refractivity contribution >= 4 is 23.1 Å². The number of carbonyl (C=O) groups excluding carboxylic acids is 2. The molecule has 2 amide bonds. The van der Waals surface area contributed by atoms with Gasteiger partial charge in [-0.05, 0) is 63.6 Å². The molecule has 6 heteroatoms. The van der Waals surface area contributed by atoms with Gasteiger partial charge in [-0.15, -0.1) is 0 Å². The molecule has 1 fully saturated rings. The van der Waals surface area contributed by atoms with E-state index >= 15 is 0 Å². The van der Waals surface area contributed by atoms with E-state index in [1.54, 1.807) is 0 Å². The van der Waals surface area contributed by atoms with E-state index in [1.807, 2.05) is 70.2 Å². The number of imide groups is 1. The summed E-state index contributed by atoms with van der Waals surface area (Å²) < 4.78 is 5.77. The van der Waals surface area contributed by atoms with Gasteiger partial charge in [0.05, 0.1) is 17.4 Å². The molecule has 0 saturated carbocycles. The highest BCUT2D eigenvalue weighted by Gasteiger charge is 2.43. The number of hydrogen-bond donors (Lipinski definition) is 0. The molecule has 2 aromatic rings. The zero-order valence-electron chi connectivity index (χ0n) is 20.2. The van der Waals surface area contributed by atoms with Crippen molar-refractivity contribution in [2.45, 2.75) is 40.7 Å². The van der Waals surface area contributed by atoms with Gasteiger partial charge in [0, 0.05) is 26.2 Å². The van der Waals surface area contributed by atoms with Crippen LogP contribution >= 0.6 is 0 Å². The molecule has 0 aliphatic carbocycles. The molecule has 0 radical (unpaired) electrons. The Morgan fingerprint density at radius 3 is 2.15 bits per heavy atom. The van der Waals surface area contributed by atoms with E-state index in [0.717, 1.165) is 55.2 Å². The van der Waals surface area contributed by atoms with E-state index in [2.05, 4.69) is 16.7 Å². The predicted molar refractivity (Wildman–Crippen MR) is 131 cm³/mol. The fourth-order valence-corrected chi connectivity index (χ4v) is 4.61. The maximum absolute atomic E-state index is 13.8. The SMILES string of the molecule is CCN1CCN(C2=C(c3ccc(OC(C)C)cc3)C(=O)N(c3ccc(C)cc3C)C2=O)CC1. The Balaban J connectivity index is 1.76. The van der Waals surface area contributed by atoms with Gasteiger partial charge in [0.2, 0.25) is 0 Å². The average molecular weight is 448 g/mol. The van der Waals surface area contributed by atoms with E-state index in [-0.39, 0.29) is 17.9 Å². The van der Waals surface area contributed by atoms with Gasteiger partial charge < -0.3 is 14.5 Å². The third kappa shape index (κ3) is 4.53. The number of ether oxygens (including phenoxy) is 1. The van der Waals surface area contributed by atoms with Gasteiger partial charge in [-0.3, -0.25) is 9.59 Å². The van der Waals surface area contributed by atoms with Crippen molar-refractivity contribution < 1.29 is 14.3 Å². The van der Waals surface area contributed by atoms with Crippen LogP contribution in [0.25, 0.3) is 5.57 Å². The van der Waals surface area contributed by atoms with Crippen molar-refractivity contribution in [1.82, 2.24) is 9.80 Å². The largest absolute Gasteiger partial charge is 0.491 e. The normalized spacial score (nSPS) is 17.5. The lowest BCUT2D eigenvalue weighted by atomic mass is 10.0. The molecule has 33 heavy (non-hydrogen) atoms. The van der Waals surface area contributed by atoms with Gasteiger partial charge in [-0.1, -0.05) is 36.8 Å². The molecule has 174 valence electrons. The molecule has 0 bridgehead atoms. The molecule has 4 rings (SSSR count). The van der Waals surface area contributed by atoms with Crippen LogP contribution < -0.4 is 9.64 Å². The average Bonchev–Trinajstić information content (AvgIpc) is 3.04. The van der Waals surface area contributed by atoms with E-state index < -0.39 is 0 Å². The van der Waals surface area contributed by atoms with Crippen molar-refractivity contribution in [2.24, 2.45) is 0 Å². The number of anilines is 1. The second-order valence-electron chi connectivity index (χ2n) is 9.07. The summed E-state index contributed by atoms with van der Waals surface area (Å²) in [7, 11) is 0. The molecule has 0 atom stereocenters. The van der Waals surface area contributed by atoms with Crippen LogP contribution in [0.1, 0.15) is 37.5 Å². The summed E-state index contributed by atoms with van der Waals surface area (Å²) in [6, 6.07) is 13.3. The monoisotopic (exact) mass is 447 g/mol. The molecule has 0 unspecified atom stereocenters. The van der Waals surface area contributed by atoms with Crippen LogP contribution in [0, 0.1) is 13.8 Å². The van der Waals surface area contributed by atoms with Crippen LogP contribution in [-0.4, -0.2) is 60.4 Å². The number of rotatable bonds is 6. The Bertz CT molecular complexity index is 1080. The molecule has 2 aliphatic heterocycles. The second-order valence-corrected chi connectivity index (χ2v) is 9.07. The summed E-state index contributed by atoms with van der Waals surface area (Å²) in [4.78, 5) is 33.3. The molecule has 1 saturated heterocycles. The van der Waals surface area contributed by atoms with Gasteiger partial charge in [0.1, 0.15) is 11.4 Å². The molecular formula is C27H33N3O3. The highest BCUT2D eigenvalue weighted by molar-refractivity contribution is 6.45. The minimum Gasteiger partial charge on any atom is -0.491 e. The topological polar surface area (TPSA) is 53.1 Å². The standard InChI is InChI=1S/C27H33N3O3/c1-6-28-13-15-29(16-14-28)25-24(21-8-10-22(11-9-21)33-18(2)3)26(31)30(27(25)32)23-12-7-19(4)17-20(23)5/h7-12,17-18H,6,13-16H2,1-5H3. The van der Waals surface area contributed by atoms with Crippen LogP contribution in [0.15, 0.2) is 48.2 Å². The number of hydrogen-bond acceptors (Lipinski definition) is 5. The smallest absolute Gasteiger partial charge is 0.282 e. The number of likely N-dealkylation sites (N-methyl/N-ethyl adjacent to an activating group) is 1. The number of carbonyl (C=O) groups is 2. The lowest BCUT2D eigenvalue weighted by Crippen LogP contribution is -2.47. The summed E-state index contributed by atoms with van der Waals surface area (Å²) in [6.45, 7) is 14.2. The van der Waals surface area contributed by atoms with Crippen LogP contribution in [0.5, 0.6) is 5.75 Å². The zero-order chi connectivity index (χ0) is 23.7. The van der Waals surface area contributed by atoms with Gasteiger partial charge in [0.25, 0.3) is 11.8 Å². The number of piperazine rings is 1. The number of amides is 2. The summed E-state index contributed by atoms with van der Waals surface area (Å²) in [5.41, 5.74) is 4.38. The fraction of sp³-hybridized carbons (Fsp3) is 0.407. The summed E-state index contributed by atoms with van der Waals surface area (Å²) in [6.07, 6.45) is 0.0650. The quantitative estimate of drug-likeness (QED) is 0.627. The van der Waals surface area contributed by atoms with Gasteiger partial charge >= 0.3 is 0 Å². The van der Waals surface area contributed by atoms with Crippen LogP contribution in [-0.2, 0) is 9.59 Å². The van der Waals surface area contributed by atoms with Crippen molar-refractivity contribution in [2.75, 3.05) is 37.6 Å². The Hall–Kier alpha value is -3.12. The molecule has 0 spiro atoms. The van der Waals surface area contributed by atoms with E-state index in [4.69, 9.17) is 4.74 Å². The maximum atomic E-state index is 13.8. The summed E-state index contributed by atoms with van der Waals surface area (Å²) >= 11 is 0. The molecule has 2 aliphatic rings. The van der Waals surface area contributed by atoms with Crippen LogP contribution in [0.4, 0.5) is 5.69 Å².